The van der Waals surface area contributed by atoms with E-state index in [2.05, 4.69) is 20.8 Å². The number of rotatable bonds is 0. The van der Waals surface area contributed by atoms with Crippen LogP contribution < -0.4 is 5.63 Å². The van der Waals surface area contributed by atoms with Crippen molar-refractivity contribution in [3.05, 3.63) is 46.3 Å². The third kappa shape index (κ3) is 1.80. The van der Waals surface area contributed by atoms with E-state index in [-0.39, 0.29) is 11.0 Å². The first kappa shape index (κ1) is 9.97. The van der Waals surface area contributed by atoms with Gasteiger partial charge in [0.25, 0.3) is 0 Å². The molecule has 0 bridgehead atoms. The van der Waals surface area contributed by atoms with Crippen LogP contribution in [0.2, 0.25) is 0 Å². The van der Waals surface area contributed by atoms with Crippen molar-refractivity contribution in [1.82, 2.24) is 0 Å². The molecule has 0 amide bonds. The fourth-order valence-corrected chi connectivity index (χ4v) is 1.68. The zero-order valence-electron chi connectivity index (χ0n) is 9.20. The van der Waals surface area contributed by atoms with Crippen molar-refractivity contribution >= 4 is 11.0 Å². The van der Waals surface area contributed by atoms with E-state index < -0.39 is 0 Å². The van der Waals surface area contributed by atoms with Gasteiger partial charge in [-0.25, -0.2) is 4.79 Å². The highest BCUT2D eigenvalue weighted by molar-refractivity contribution is 5.80. The number of benzene rings is 1. The van der Waals surface area contributed by atoms with Crippen LogP contribution in [0, 0.1) is 0 Å². The first-order chi connectivity index (χ1) is 6.98. The van der Waals surface area contributed by atoms with Gasteiger partial charge in [-0.1, -0.05) is 39.0 Å². The Hall–Kier alpha value is -1.57. The number of fused-ring (bicyclic) bond motifs is 1. The molecular formula is C13H14O2. The van der Waals surface area contributed by atoms with Crippen molar-refractivity contribution in [1.29, 1.82) is 0 Å². The SMILES string of the molecule is CC(C)(C)c1cccc2ccc(=O)oc12. The quantitative estimate of drug-likeness (QED) is 0.614. The molecule has 78 valence electrons. The van der Waals surface area contributed by atoms with E-state index in [9.17, 15) is 4.79 Å². The molecule has 0 aliphatic carbocycles. The summed E-state index contributed by atoms with van der Waals surface area (Å²) in [6.45, 7) is 6.32. The van der Waals surface area contributed by atoms with Gasteiger partial charge in [-0.3, -0.25) is 0 Å². The average Bonchev–Trinajstić information content (AvgIpc) is 2.15. The summed E-state index contributed by atoms with van der Waals surface area (Å²) in [6, 6.07) is 9.20. The van der Waals surface area contributed by atoms with Crippen LogP contribution in [0.25, 0.3) is 11.0 Å². The van der Waals surface area contributed by atoms with Crippen molar-refractivity contribution in [2.75, 3.05) is 0 Å². The molecule has 0 N–H and O–H groups in total. The van der Waals surface area contributed by atoms with Crippen LogP contribution in [-0.2, 0) is 5.41 Å². The lowest BCUT2D eigenvalue weighted by Crippen LogP contribution is -2.12. The maximum Gasteiger partial charge on any atom is 0.336 e. The Bertz CT molecular complexity index is 544. The Labute approximate surface area is 88.5 Å². The molecule has 0 aliphatic heterocycles. The van der Waals surface area contributed by atoms with Crippen molar-refractivity contribution in [3.63, 3.8) is 0 Å². The van der Waals surface area contributed by atoms with Crippen LogP contribution in [0.5, 0.6) is 0 Å². The minimum Gasteiger partial charge on any atom is -0.422 e. The van der Waals surface area contributed by atoms with E-state index >= 15 is 0 Å². The Morgan fingerprint density at radius 1 is 1.07 bits per heavy atom. The molecule has 2 rings (SSSR count). The third-order valence-electron chi connectivity index (χ3n) is 2.46. The van der Waals surface area contributed by atoms with Crippen LogP contribution >= 0.6 is 0 Å². The summed E-state index contributed by atoms with van der Waals surface area (Å²) in [5.74, 6) is 0. The summed E-state index contributed by atoms with van der Waals surface area (Å²) >= 11 is 0. The lowest BCUT2D eigenvalue weighted by molar-refractivity contribution is 0.530. The van der Waals surface area contributed by atoms with Gasteiger partial charge >= 0.3 is 5.63 Å². The maximum atomic E-state index is 11.2. The van der Waals surface area contributed by atoms with Gasteiger partial charge in [0, 0.05) is 17.0 Å². The van der Waals surface area contributed by atoms with Gasteiger partial charge in [-0.2, -0.15) is 0 Å². The smallest absolute Gasteiger partial charge is 0.336 e. The lowest BCUT2D eigenvalue weighted by Gasteiger charge is -2.19. The van der Waals surface area contributed by atoms with Gasteiger partial charge in [0.1, 0.15) is 5.58 Å². The molecule has 2 aromatic rings. The number of hydrogen-bond acceptors (Lipinski definition) is 2. The molecule has 1 aromatic carbocycles. The Morgan fingerprint density at radius 2 is 1.80 bits per heavy atom. The predicted octanol–water partition coefficient (Wildman–Crippen LogP) is 3.09. The van der Waals surface area contributed by atoms with E-state index in [1.54, 1.807) is 6.07 Å². The van der Waals surface area contributed by atoms with Crippen molar-refractivity contribution in [3.8, 4) is 0 Å². The first-order valence-corrected chi connectivity index (χ1v) is 5.02. The first-order valence-electron chi connectivity index (χ1n) is 5.02. The minimum atomic E-state index is -0.292. The van der Waals surface area contributed by atoms with Crippen LogP contribution in [0.3, 0.4) is 0 Å². The zero-order valence-corrected chi connectivity index (χ0v) is 9.20. The Balaban J connectivity index is 2.86. The average molecular weight is 202 g/mol. The van der Waals surface area contributed by atoms with Gasteiger partial charge in [0.15, 0.2) is 0 Å². The van der Waals surface area contributed by atoms with E-state index in [1.807, 2.05) is 18.2 Å². The largest absolute Gasteiger partial charge is 0.422 e. The van der Waals surface area contributed by atoms with E-state index in [4.69, 9.17) is 4.42 Å². The highest BCUT2D eigenvalue weighted by atomic mass is 16.4. The van der Waals surface area contributed by atoms with Crippen molar-refractivity contribution < 1.29 is 4.42 Å². The molecule has 2 heteroatoms. The molecule has 0 saturated carbocycles. The summed E-state index contributed by atoms with van der Waals surface area (Å²) in [6.07, 6.45) is 0. The van der Waals surface area contributed by atoms with Gasteiger partial charge in [0.05, 0.1) is 0 Å². The molecule has 0 aliphatic rings. The topological polar surface area (TPSA) is 30.2 Å². The highest BCUT2D eigenvalue weighted by Crippen LogP contribution is 2.28. The Morgan fingerprint density at radius 3 is 2.47 bits per heavy atom. The fourth-order valence-electron chi connectivity index (χ4n) is 1.68. The summed E-state index contributed by atoms with van der Waals surface area (Å²) in [5.41, 5.74) is 1.46. The van der Waals surface area contributed by atoms with E-state index in [0.717, 1.165) is 10.9 Å². The molecule has 2 nitrogen and oxygen atoms in total. The lowest BCUT2D eigenvalue weighted by atomic mass is 9.86. The predicted molar refractivity (Wildman–Crippen MR) is 61.2 cm³/mol. The highest BCUT2D eigenvalue weighted by Gasteiger charge is 2.18. The number of hydrogen-bond donors (Lipinski definition) is 0. The molecular weight excluding hydrogens is 188 g/mol. The van der Waals surface area contributed by atoms with Gasteiger partial charge < -0.3 is 4.42 Å². The van der Waals surface area contributed by atoms with E-state index in [0.29, 0.717) is 5.58 Å². The summed E-state index contributed by atoms with van der Waals surface area (Å²) in [7, 11) is 0. The second-order valence-corrected chi connectivity index (χ2v) is 4.73. The van der Waals surface area contributed by atoms with Crippen molar-refractivity contribution in [2.24, 2.45) is 0 Å². The summed E-state index contributed by atoms with van der Waals surface area (Å²) in [5, 5.41) is 0.974. The second kappa shape index (κ2) is 3.23. The molecule has 0 saturated heterocycles. The maximum absolute atomic E-state index is 11.2. The van der Waals surface area contributed by atoms with Crippen molar-refractivity contribution in [2.45, 2.75) is 26.2 Å². The fraction of sp³-hybridized carbons (Fsp3) is 0.308. The van der Waals surface area contributed by atoms with Crippen LogP contribution in [0.1, 0.15) is 26.3 Å². The van der Waals surface area contributed by atoms with Crippen LogP contribution in [0.15, 0.2) is 39.5 Å². The molecule has 1 aromatic heterocycles. The Kier molecular flexibility index (Phi) is 2.14. The van der Waals surface area contributed by atoms with Crippen LogP contribution in [-0.4, -0.2) is 0 Å². The molecule has 0 radical (unpaired) electrons. The molecule has 0 fully saturated rings. The summed E-state index contributed by atoms with van der Waals surface area (Å²) < 4.78 is 5.26. The number of para-hydroxylation sites is 1. The molecule has 0 atom stereocenters. The molecule has 15 heavy (non-hydrogen) atoms. The van der Waals surface area contributed by atoms with Gasteiger partial charge in [0.2, 0.25) is 0 Å². The van der Waals surface area contributed by atoms with E-state index in [1.165, 1.54) is 6.07 Å². The minimum absolute atomic E-state index is 0.0171. The monoisotopic (exact) mass is 202 g/mol. The zero-order chi connectivity index (χ0) is 11.1. The standard InChI is InChI=1S/C13H14O2/c1-13(2,3)10-6-4-5-9-7-8-11(14)15-12(9)10/h4-8H,1-3H3. The van der Waals surface area contributed by atoms with Gasteiger partial charge in [-0.05, 0) is 11.5 Å². The van der Waals surface area contributed by atoms with Gasteiger partial charge in [-0.15, -0.1) is 0 Å². The molecule has 1 heterocycles. The normalized spacial score (nSPS) is 11.9. The second-order valence-electron chi connectivity index (χ2n) is 4.73. The summed E-state index contributed by atoms with van der Waals surface area (Å²) in [4.78, 5) is 11.2. The molecule has 0 spiro atoms. The van der Waals surface area contributed by atoms with Crippen LogP contribution in [0.4, 0.5) is 0 Å². The third-order valence-corrected chi connectivity index (χ3v) is 2.46. The molecule has 0 unspecified atom stereocenters.